The molecule has 8 heteroatoms. The number of likely N-dealkylation sites (tertiary alicyclic amines) is 1. The van der Waals surface area contributed by atoms with Crippen molar-refractivity contribution in [3.8, 4) is 5.75 Å². The van der Waals surface area contributed by atoms with E-state index < -0.39 is 41.0 Å². The lowest BCUT2D eigenvalue weighted by atomic mass is 9.76. The Hall–Kier alpha value is -4.04. The zero-order chi connectivity index (χ0) is 24.3. The molecule has 0 bridgehead atoms. The summed E-state index contributed by atoms with van der Waals surface area (Å²) < 4.78 is 14.3. The summed E-state index contributed by atoms with van der Waals surface area (Å²) in [4.78, 5) is 42.2. The molecule has 0 aliphatic carbocycles. The molecule has 3 aliphatic heterocycles. The Morgan fingerprint density at radius 1 is 0.914 bits per heavy atom. The molecular formula is C27H22FN3O4. The summed E-state index contributed by atoms with van der Waals surface area (Å²) in [5, 5.41) is 15.7. The van der Waals surface area contributed by atoms with Crippen LogP contribution < -0.4 is 10.6 Å². The lowest BCUT2D eigenvalue weighted by Gasteiger charge is -2.29. The van der Waals surface area contributed by atoms with Crippen LogP contribution in [0.2, 0.25) is 0 Å². The number of anilines is 1. The molecule has 3 aliphatic rings. The Morgan fingerprint density at radius 3 is 2.40 bits per heavy atom. The number of carbonyl (C=O) groups is 3. The van der Waals surface area contributed by atoms with E-state index in [1.807, 2.05) is 30.3 Å². The molecule has 3 N–H and O–H groups in total. The van der Waals surface area contributed by atoms with E-state index in [0.717, 1.165) is 11.1 Å². The van der Waals surface area contributed by atoms with Crippen molar-refractivity contribution in [1.29, 1.82) is 0 Å². The Labute approximate surface area is 200 Å². The molecule has 2 saturated heterocycles. The number of fused-ring (bicyclic) bond motifs is 4. The van der Waals surface area contributed by atoms with Crippen molar-refractivity contribution >= 4 is 23.4 Å². The first-order chi connectivity index (χ1) is 16.9. The molecule has 3 heterocycles. The lowest BCUT2D eigenvalue weighted by Crippen LogP contribution is -2.53. The molecule has 3 aromatic rings. The molecule has 6 rings (SSSR count). The van der Waals surface area contributed by atoms with Crippen LogP contribution in [0.3, 0.4) is 0 Å². The van der Waals surface area contributed by atoms with Gasteiger partial charge in [0.25, 0.3) is 0 Å². The first-order valence-corrected chi connectivity index (χ1v) is 11.4. The van der Waals surface area contributed by atoms with E-state index >= 15 is 0 Å². The minimum atomic E-state index is -1.55. The highest BCUT2D eigenvalue weighted by Crippen LogP contribution is 2.53. The number of halogens is 1. The third kappa shape index (κ3) is 3.17. The summed E-state index contributed by atoms with van der Waals surface area (Å²) >= 11 is 0. The monoisotopic (exact) mass is 471 g/mol. The molecule has 0 aromatic heterocycles. The fourth-order valence-electron chi connectivity index (χ4n) is 5.82. The van der Waals surface area contributed by atoms with Crippen LogP contribution in [-0.2, 0) is 32.9 Å². The molecule has 0 saturated carbocycles. The first-order valence-electron chi connectivity index (χ1n) is 11.4. The number of rotatable bonds is 4. The summed E-state index contributed by atoms with van der Waals surface area (Å²) in [6.45, 7) is 0.102. The van der Waals surface area contributed by atoms with Crippen molar-refractivity contribution in [1.82, 2.24) is 10.2 Å². The second-order valence-corrected chi connectivity index (χ2v) is 9.33. The van der Waals surface area contributed by atoms with Crippen LogP contribution in [0.15, 0.2) is 72.8 Å². The topological polar surface area (TPSA) is 98.7 Å². The molecule has 0 radical (unpaired) electrons. The number of phenols is 1. The number of amides is 3. The van der Waals surface area contributed by atoms with Gasteiger partial charge in [-0.15, -0.1) is 0 Å². The van der Waals surface area contributed by atoms with Crippen LogP contribution in [0.25, 0.3) is 0 Å². The molecule has 7 nitrogen and oxygen atoms in total. The van der Waals surface area contributed by atoms with Gasteiger partial charge in [0, 0.05) is 17.3 Å². The van der Waals surface area contributed by atoms with Crippen LogP contribution in [0.5, 0.6) is 5.75 Å². The number of phenolic OH excluding ortho intramolecular Hbond substituents is 1. The number of benzene rings is 3. The highest BCUT2D eigenvalue weighted by Gasteiger charge is 2.70. The summed E-state index contributed by atoms with van der Waals surface area (Å²) in [7, 11) is 0. The number of aromatic hydroxyl groups is 1. The first kappa shape index (κ1) is 21.5. The smallest absolute Gasteiger partial charge is 0.250 e. The third-order valence-corrected chi connectivity index (χ3v) is 7.34. The largest absolute Gasteiger partial charge is 0.508 e. The average molecular weight is 471 g/mol. The number of nitrogens with zero attached hydrogens (tertiary/aromatic N) is 1. The zero-order valence-electron chi connectivity index (χ0n) is 18.6. The minimum absolute atomic E-state index is 0.102. The van der Waals surface area contributed by atoms with Crippen LogP contribution >= 0.6 is 0 Å². The Bertz CT molecular complexity index is 1360. The van der Waals surface area contributed by atoms with Crippen molar-refractivity contribution < 1.29 is 23.9 Å². The van der Waals surface area contributed by atoms with Crippen LogP contribution in [0, 0.1) is 17.7 Å². The second kappa shape index (κ2) is 7.74. The van der Waals surface area contributed by atoms with Crippen LogP contribution in [0.4, 0.5) is 10.1 Å². The molecule has 4 atom stereocenters. The summed E-state index contributed by atoms with van der Waals surface area (Å²) in [6.07, 6.45) is 0.347. The number of hydrogen-bond donors (Lipinski definition) is 3. The molecule has 1 spiro atoms. The summed E-state index contributed by atoms with van der Waals surface area (Å²) in [6, 6.07) is 19.2. The molecule has 3 aromatic carbocycles. The van der Waals surface area contributed by atoms with Crippen molar-refractivity contribution in [2.75, 3.05) is 5.32 Å². The van der Waals surface area contributed by atoms with Gasteiger partial charge in [0.15, 0.2) is 0 Å². The number of nitrogens with one attached hydrogen (secondary N) is 2. The maximum atomic E-state index is 14.3. The maximum Gasteiger partial charge on any atom is 0.250 e. The van der Waals surface area contributed by atoms with E-state index in [4.69, 9.17) is 0 Å². The van der Waals surface area contributed by atoms with Gasteiger partial charge in [-0.25, -0.2) is 4.39 Å². The molecule has 0 unspecified atom stereocenters. The van der Waals surface area contributed by atoms with E-state index in [1.165, 1.54) is 23.1 Å². The highest BCUT2D eigenvalue weighted by molar-refractivity contribution is 6.15. The van der Waals surface area contributed by atoms with Gasteiger partial charge in [0.1, 0.15) is 17.1 Å². The maximum absolute atomic E-state index is 14.3. The lowest BCUT2D eigenvalue weighted by molar-refractivity contribution is -0.143. The fraction of sp³-hybridized carbons (Fsp3) is 0.222. The number of imide groups is 1. The molecule has 2 fully saturated rings. The van der Waals surface area contributed by atoms with E-state index in [-0.39, 0.29) is 18.2 Å². The van der Waals surface area contributed by atoms with E-state index in [2.05, 4.69) is 10.6 Å². The molecule has 3 amide bonds. The van der Waals surface area contributed by atoms with Gasteiger partial charge >= 0.3 is 0 Å². The summed E-state index contributed by atoms with van der Waals surface area (Å²) in [5.41, 5.74) is 0.842. The van der Waals surface area contributed by atoms with Gasteiger partial charge < -0.3 is 10.4 Å². The fourth-order valence-corrected chi connectivity index (χ4v) is 5.82. The van der Waals surface area contributed by atoms with E-state index in [9.17, 15) is 23.9 Å². The zero-order valence-corrected chi connectivity index (χ0v) is 18.6. The normalized spacial score (nSPS) is 26.8. The van der Waals surface area contributed by atoms with Gasteiger partial charge in [-0.05, 0) is 47.9 Å². The predicted octanol–water partition coefficient (Wildman–Crippen LogP) is 2.69. The average Bonchev–Trinajstić information content (AvgIpc) is 3.42. The van der Waals surface area contributed by atoms with Crippen LogP contribution in [-0.4, -0.2) is 33.8 Å². The highest BCUT2D eigenvalue weighted by atomic mass is 19.1. The second-order valence-electron chi connectivity index (χ2n) is 9.33. The van der Waals surface area contributed by atoms with Gasteiger partial charge in [-0.3, -0.25) is 24.6 Å². The number of carbonyl (C=O) groups excluding carboxylic acids is 3. The van der Waals surface area contributed by atoms with E-state index in [0.29, 0.717) is 17.7 Å². The molecular weight excluding hydrogens is 449 g/mol. The molecule has 35 heavy (non-hydrogen) atoms. The minimum Gasteiger partial charge on any atom is -0.508 e. The van der Waals surface area contributed by atoms with Gasteiger partial charge in [0.2, 0.25) is 17.7 Å². The van der Waals surface area contributed by atoms with Crippen molar-refractivity contribution in [2.24, 2.45) is 11.8 Å². The Morgan fingerprint density at radius 2 is 1.66 bits per heavy atom. The Kier molecular flexibility index (Phi) is 4.76. The third-order valence-electron chi connectivity index (χ3n) is 7.34. The summed E-state index contributed by atoms with van der Waals surface area (Å²) in [5.74, 6) is -3.50. The van der Waals surface area contributed by atoms with Gasteiger partial charge in [0.05, 0.1) is 18.4 Å². The standard InChI is InChI=1S/C27H22FN3O4/c28-17-8-11-20-19(13-17)27(26(35)29-20)23-22(21(30-27)12-15-6-9-18(32)10-7-15)24(33)31(25(23)34)14-16-4-2-1-3-5-16/h1-11,13,21-23,30,32H,12,14H2,(H,29,35)/t21-,22-,23+,27-/m1/s1. The van der Waals surface area contributed by atoms with E-state index in [1.54, 1.807) is 24.3 Å². The SMILES string of the molecule is O=C1[C@H]2[C@@H](C(=O)N1Cc1ccccc1)[C@@]1(N[C@@H]2Cc2ccc(O)cc2)C(=O)Nc2ccc(F)cc21. The van der Waals surface area contributed by atoms with Crippen molar-refractivity contribution in [3.63, 3.8) is 0 Å². The molecule has 176 valence electrons. The van der Waals surface area contributed by atoms with Crippen LogP contribution in [0.1, 0.15) is 16.7 Å². The van der Waals surface area contributed by atoms with Crippen molar-refractivity contribution in [2.45, 2.75) is 24.5 Å². The van der Waals surface area contributed by atoms with Gasteiger partial charge in [-0.2, -0.15) is 0 Å². The predicted molar refractivity (Wildman–Crippen MR) is 124 cm³/mol. The quantitative estimate of drug-likeness (QED) is 0.509. The van der Waals surface area contributed by atoms with Gasteiger partial charge in [-0.1, -0.05) is 42.5 Å². The Balaban J connectivity index is 1.45. The number of hydrogen-bond acceptors (Lipinski definition) is 5. The van der Waals surface area contributed by atoms with Crippen molar-refractivity contribution in [3.05, 3.63) is 95.3 Å².